The van der Waals surface area contributed by atoms with E-state index >= 15 is 0 Å². The predicted molar refractivity (Wildman–Crippen MR) is 137 cm³/mol. The Kier molecular flexibility index (Phi) is 8.64. The maximum absolute atomic E-state index is 13.1. The Morgan fingerprint density at radius 2 is 2.09 bits per heavy atom. The van der Waals surface area contributed by atoms with Gasteiger partial charge in [-0.05, 0) is 71.1 Å². The van der Waals surface area contributed by atoms with E-state index in [9.17, 15) is 9.59 Å². The molecule has 168 valence electrons. The molecule has 0 atom stereocenters. The molecule has 0 aliphatic carbocycles. The molecule has 1 aliphatic heterocycles. The van der Waals surface area contributed by atoms with Crippen LogP contribution in [0.2, 0.25) is 0 Å². The van der Waals surface area contributed by atoms with Gasteiger partial charge in [-0.25, -0.2) is 4.79 Å². The number of thiocarbonyl (C=S) groups is 1. The normalized spacial score (nSPS) is 14.8. The van der Waals surface area contributed by atoms with Gasteiger partial charge < -0.3 is 14.2 Å². The van der Waals surface area contributed by atoms with Crippen LogP contribution in [0.25, 0.3) is 6.08 Å². The molecule has 1 amide bonds. The molecule has 0 bridgehead atoms. The van der Waals surface area contributed by atoms with Crippen molar-refractivity contribution >= 4 is 79.6 Å². The lowest BCUT2D eigenvalue weighted by molar-refractivity contribution is -0.145. The van der Waals surface area contributed by atoms with Gasteiger partial charge in [-0.2, -0.15) is 0 Å². The van der Waals surface area contributed by atoms with Crippen molar-refractivity contribution in [3.63, 3.8) is 0 Å². The standard InChI is InChI=1S/C22H20BrNO5S3/c1-4-28-19(25)12-29-20-16(23)8-13(9-17(20)27-2)10-18-21(26)24(22(30)32-18)14-6-5-7-15(11-14)31-3/h5-11H,4,12H2,1-3H3/b18-10-. The molecule has 2 aromatic carbocycles. The Balaban J connectivity index is 1.86. The Hall–Kier alpha value is -2.01. The molecule has 0 aromatic heterocycles. The SMILES string of the molecule is CCOC(=O)COc1c(Br)cc(/C=C2\SC(=S)N(c3cccc(SC)c3)C2=O)cc1OC. The summed E-state index contributed by atoms with van der Waals surface area (Å²) in [7, 11) is 1.50. The van der Waals surface area contributed by atoms with Gasteiger partial charge in [0.25, 0.3) is 5.91 Å². The van der Waals surface area contributed by atoms with Crippen LogP contribution in [0.4, 0.5) is 5.69 Å². The first-order chi connectivity index (χ1) is 15.4. The van der Waals surface area contributed by atoms with Crippen LogP contribution in [-0.4, -0.2) is 42.8 Å². The summed E-state index contributed by atoms with van der Waals surface area (Å²) in [5, 5.41) is 0. The first-order valence-corrected chi connectivity index (χ1v) is 12.7. The van der Waals surface area contributed by atoms with Crippen molar-refractivity contribution in [2.45, 2.75) is 11.8 Å². The average Bonchev–Trinajstić information content (AvgIpc) is 3.05. The van der Waals surface area contributed by atoms with Crippen molar-refractivity contribution < 1.29 is 23.8 Å². The summed E-state index contributed by atoms with van der Waals surface area (Å²) in [6.45, 7) is 1.76. The van der Waals surface area contributed by atoms with Gasteiger partial charge in [-0.1, -0.05) is 30.0 Å². The van der Waals surface area contributed by atoms with Crippen molar-refractivity contribution in [2.24, 2.45) is 0 Å². The number of carbonyl (C=O) groups is 2. The summed E-state index contributed by atoms with van der Waals surface area (Å²) in [6.07, 6.45) is 3.73. The van der Waals surface area contributed by atoms with E-state index in [0.29, 0.717) is 25.2 Å². The predicted octanol–water partition coefficient (Wildman–Crippen LogP) is 5.53. The molecule has 10 heteroatoms. The zero-order valence-corrected chi connectivity index (χ0v) is 21.6. The smallest absolute Gasteiger partial charge is 0.344 e. The Bertz CT molecular complexity index is 1090. The molecule has 0 unspecified atom stereocenters. The fourth-order valence-corrected chi connectivity index (χ4v) is 5.21. The number of nitrogens with zero attached hydrogens (tertiary/aromatic N) is 1. The lowest BCUT2D eigenvalue weighted by Gasteiger charge is -2.15. The second-order valence-corrected chi connectivity index (χ2v) is 9.76. The van der Waals surface area contributed by atoms with E-state index in [2.05, 4.69) is 15.9 Å². The second-order valence-electron chi connectivity index (χ2n) is 6.35. The molecule has 3 rings (SSSR count). The van der Waals surface area contributed by atoms with E-state index < -0.39 is 5.97 Å². The molecular formula is C22H20BrNO5S3. The fraction of sp³-hybridized carbons (Fsp3) is 0.227. The molecule has 0 N–H and O–H groups in total. The molecule has 1 aliphatic rings. The summed E-state index contributed by atoms with van der Waals surface area (Å²) in [6, 6.07) is 11.2. The molecule has 32 heavy (non-hydrogen) atoms. The van der Waals surface area contributed by atoms with Gasteiger partial charge in [0.2, 0.25) is 0 Å². The number of halogens is 1. The van der Waals surface area contributed by atoms with E-state index in [4.69, 9.17) is 26.4 Å². The lowest BCUT2D eigenvalue weighted by Crippen LogP contribution is -2.27. The van der Waals surface area contributed by atoms with E-state index in [0.717, 1.165) is 16.1 Å². The van der Waals surface area contributed by atoms with Gasteiger partial charge in [0, 0.05) is 4.90 Å². The summed E-state index contributed by atoms with van der Waals surface area (Å²) < 4.78 is 16.9. The van der Waals surface area contributed by atoms with Crippen LogP contribution in [0, 0.1) is 0 Å². The number of hydrogen-bond donors (Lipinski definition) is 0. The number of hydrogen-bond acceptors (Lipinski definition) is 8. The number of thioether (sulfide) groups is 2. The number of carbonyl (C=O) groups excluding carboxylic acids is 2. The van der Waals surface area contributed by atoms with Gasteiger partial charge in [-0.3, -0.25) is 9.69 Å². The van der Waals surface area contributed by atoms with Crippen LogP contribution >= 0.6 is 51.7 Å². The summed E-state index contributed by atoms with van der Waals surface area (Å²) in [5.74, 6) is 0.132. The van der Waals surface area contributed by atoms with Gasteiger partial charge in [0.1, 0.15) is 0 Å². The zero-order valence-electron chi connectivity index (χ0n) is 17.5. The van der Waals surface area contributed by atoms with E-state index in [1.54, 1.807) is 36.9 Å². The monoisotopic (exact) mass is 553 g/mol. The molecule has 6 nitrogen and oxygen atoms in total. The van der Waals surface area contributed by atoms with Crippen LogP contribution in [0.5, 0.6) is 11.5 Å². The molecule has 1 heterocycles. The van der Waals surface area contributed by atoms with Crippen LogP contribution in [-0.2, 0) is 14.3 Å². The minimum atomic E-state index is -0.472. The van der Waals surface area contributed by atoms with Crippen molar-refractivity contribution in [1.82, 2.24) is 0 Å². The Labute approximate surface area is 208 Å². The number of rotatable bonds is 8. The molecular weight excluding hydrogens is 534 g/mol. The second kappa shape index (κ2) is 11.2. The molecule has 0 saturated carbocycles. The first-order valence-electron chi connectivity index (χ1n) is 9.45. The minimum absolute atomic E-state index is 0.184. The Morgan fingerprint density at radius 3 is 2.78 bits per heavy atom. The van der Waals surface area contributed by atoms with Crippen molar-refractivity contribution in [1.29, 1.82) is 0 Å². The summed E-state index contributed by atoms with van der Waals surface area (Å²) in [5.41, 5.74) is 1.46. The largest absolute Gasteiger partial charge is 0.493 e. The van der Waals surface area contributed by atoms with Crippen molar-refractivity contribution in [2.75, 3.05) is 31.5 Å². The first kappa shape index (κ1) is 24.6. The third kappa shape index (κ3) is 5.67. The molecule has 1 saturated heterocycles. The van der Waals surface area contributed by atoms with Crippen LogP contribution in [0.1, 0.15) is 12.5 Å². The Morgan fingerprint density at radius 1 is 1.31 bits per heavy atom. The molecule has 0 radical (unpaired) electrons. The number of anilines is 1. The molecule has 2 aromatic rings. The number of methoxy groups -OCH3 is 1. The van der Waals surface area contributed by atoms with Gasteiger partial charge in [-0.15, -0.1) is 11.8 Å². The number of benzene rings is 2. The third-order valence-electron chi connectivity index (χ3n) is 4.29. The highest BCUT2D eigenvalue weighted by Gasteiger charge is 2.33. The highest BCUT2D eigenvalue weighted by molar-refractivity contribution is 9.10. The van der Waals surface area contributed by atoms with Gasteiger partial charge in [0.15, 0.2) is 22.4 Å². The zero-order chi connectivity index (χ0) is 23.3. The van der Waals surface area contributed by atoms with Crippen LogP contribution in [0.15, 0.2) is 50.7 Å². The van der Waals surface area contributed by atoms with Gasteiger partial charge >= 0.3 is 5.97 Å². The maximum atomic E-state index is 13.1. The highest BCUT2D eigenvalue weighted by atomic mass is 79.9. The van der Waals surface area contributed by atoms with Crippen molar-refractivity contribution in [3.05, 3.63) is 51.3 Å². The number of ether oxygens (including phenoxy) is 3. The fourth-order valence-electron chi connectivity index (χ4n) is 2.89. The summed E-state index contributed by atoms with van der Waals surface area (Å²) >= 11 is 11.8. The topological polar surface area (TPSA) is 65.1 Å². The molecule has 1 fully saturated rings. The van der Waals surface area contributed by atoms with Gasteiger partial charge in [0.05, 0.1) is 28.8 Å². The summed E-state index contributed by atoms with van der Waals surface area (Å²) in [4.78, 5) is 27.8. The average molecular weight is 555 g/mol. The molecule has 0 spiro atoms. The van der Waals surface area contributed by atoms with Crippen LogP contribution in [0.3, 0.4) is 0 Å². The number of esters is 1. The maximum Gasteiger partial charge on any atom is 0.344 e. The minimum Gasteiger partial charge on any atom is -0.493 e. The highest BCUT2D eigenvalue weighted by Crippen LogP contribution is 2.40. The lowest BCUT2D eigenvalue weighted by atomic mass is 10.1. The van der Waals surface area contributed by atoms with E-state index in [1.165, 1.54) is 23.8 Å². The van der Waals surface area contributed by atoms with Crippen LogP contribution < -0.4 is 14.4 Å². The quantitative estimate of drug-likeness (QED) is 0.183. The van der Waals surface area contributed by atoms with Crippen molar-refractivity contribution in [3.8, 4) is 11.5 Å². The van der Waals surface area contributed by atoms with E-state index in [-0.39, 0.29) is 19.1 Å². The third-order valence-corrected chi connectivity index (χ3v) is 6.91. The number of amides is 1. The van der Waals surface area contributed by atoms with E-state index in [1.807, 2.05) is 30.5 Å².